The van der Waals surface area contributed by atoms with E-state index in [0.717, 1.165) is 27.2 Å². The van der Waals surface area contributed by atoms with Crippen LogP contribution in [0.15, 0.2) is 29.6 Å². The van der Waals surface area contributed by atoms with E-state index in [0.29, 0.717) is 6.04 Å². The Morgan fingerprint density at radius 1 is 1.35 bits per heavy atom. The van der Waals surface area contributed by atoms with E-state index in [1.165, 1.54) is 23.3 Å². The van der Waals surface area contributed by atoms with Crippen LogP contribution in [0.5, 0.6) is 0 Å². The molecule has 0 amide bonds. The number of H-pyrrole nitrogens is 1. The standard InChI is InChI=1S/C15H13ClN2S2/c16-9-4-5-11-13(8-9)18(15(19)17-11)12-2-1-3-14-10(12)6-7-20-14/h4-8,12H,1-3H2,(H,17,19). The van der Waals surface area contributed by atoms with Gasteiger partial charge in [0.1, 0.15) is 0 Å². The Balaban J connectivity index is 1.98. The van der Waals surface area contributed by atoms with Gasteiger partial charge >= 0.3 is 0 Å². The van der Waals surface area contributed by atoms with Gasteiger partial charge in [-0.15, -0.1) is 11.3 Å². The van der Waals surface area contributed by atoms with Crippen molar-refractivity contribution in [3.63, 3.8) is 0 Å². The lowest BCUT2D eigenvalue weighted by Gasteiger charge is -2.24. The number of rotatable bonds is 1. The van der Waals surface area contributed by atoms with Gasteiger partial charge in [0.25, 0.3) is 0 Å². The number of fused-ring (bicyclic) bond motifs is 2. The molecule has 4 rings (SSSR count). The predicted octanol–water partition coefficient (Wildman–Crippen LogP) is 5.34. The van der Waals surface area contributed by atoms with Crippen LogP contribution in [0.3, 0.4) is 0 Å². The number of thiophene rings is 1. The molecule has 0 spiro atoms. The first-order chi connectivity index (χ1) is 9.74. The number of aryl methyl sites for hydroxylation is 1. The van der Waals surface area contributed by atoms with Crippen molar-refractivity contribution in [1.29, 1.82) is 0 Å². The molecule has 2 aromatic heterocycles. The Kier molecular flexibility index (Phi) is 2.98. The molecule has 0 fully saturated rings. The van der Waals surface area contributed by atoms with Crippen LogP contribution in [0.1, 0.15) is 29.3 Å². The van der Waals surface area contributed by atoms with Crippen LogP contribution in [0, 0.1) is 4.77 Å². The van der Waals surface area contributed by atoms with Gasteiger partial charge < -0.3 is 9.55 Å². The minimum absolute atomic E-state index is 0.338. The van der Waals surface area contributed by atoms with E-state index in [9.17, 15) is 0 Å². The van der Waals surface area contributed by atoms with E-state index in [-0.39, 0.29) is 0 Å². The van der Waals surface area contributed by atoms with Crippen molar-refractivity contribution < 1.29 is 0 Å². The van der Waals surface area contributed by atoms with Crippen LogP contribution in [0.4, 0.5) is 0 Å². The maximum atomic E-state index is 6.16. The first-order valence-electron chi connectivity index (χ1n) is 6.70. The summed E-state index contributed by atoms with van der Waals surface area (Å²) in [5.74, 6) is 0. The van der Waals surface area contributed by atoms with Gasteiger partial charge in [0.15, 0.2) is 4.77 Å². The van der Waals surface area contributed by atoms with Crippen LogP contribution in [0.2, 0.25) is 5.02 Å². The third kappa shape index (κ3) is 1.86. The quantitative estimate of drug-likeness (QED) is 0.600. The summed E-state index contributed by atoms with van der Waals surface area (Å²) >= 11 is 13.6. The average Bonchev–Trinajstić information content (AvgIpc) is 3.02. The minimum Gasteiger partial charge on any atom is -0.331 e. The van der Waals surface area contributed by atoms with Gasteiger partial charge in [0.2, 0.25) is 0 Å². The minimum atomic E-state index is 0.338. The fourth-order valence-corrected chi connectivity index (χ4v) is 4.62. The number of nitrogens with zero attached hydrogens (tertiary/aromatic N) is 1. The summed E-state index contributed by atoms with van der Waals surface area (Å²) in [6.07, 6.45) is 3.55. The first kappa shape index (κ1) is 12.6. The zero-order chi connectivity index (χ0) is 13.7. The van der Waals surface area contributed by atoms with Gasteiger partial charge in [-0.1, -0.05) is 11.6 Å². The monoisotopic (exact) mass is 320 g/mol. The van der Waals surface area contributed by atoms with E-state index < -0.39 is 0 Å². The summed E-state index contributed by atoms with van der Waals surface area (Å²) in [7, 11) is 0. The van der Waals surface area contributed by atoms with Crippen molar-refractivity contribution in [2.45, 2.75) is 25.3 Å². The summed E-state index contributed by atoms with van der Waals surface area (Å²) in [5, 5.41) is 2.94. The second kappa shape index (κ2) is 4.72. The molecule has 0 bridgehead atoms. The SMILES string of the molecule is S=c1[nH]c2ccc(Cl)cc2n1C1CCCc2sccc21. The van der Waals surface area contributed by atoms with Crippen LogP contribution in [-0.4, -0.2) is 9.55 Å². The topological polar surface area (TPSA) is 20.7 Å². The number of nitrogens with one attached hydrogen (secondary N) is 1. The normalized spacial score (nSPS) is 18.4. The van der Waals surface area contributed by atoms with E-state index in [2.05, 4.69) is 21.0 Å². The maximum absolute atomic E-state index is 6.16. The fourth-order valence-electron chi connectivity index (χ4n) is 3.13. The highest BCUT2D eigenvalue weighted by molar-refractivity contribution is 7.71. The van der Waals surface area contributed by atoms with Crippen LogP contribution < -0.4 is 0 Å². The average molecular weight is 321 g/mol. The van der Waals surface area contributed by atoms with Crippen molar-refractivity contribution in [3.8, 4) is 0 Å². The Labute approximate surface area is 131 Å². The van der Waals surface area contributed by atoms with Crippen LogP contribution in [-0.2, 0) is 6.42 Å². The summed E-state index contributed by atoms with van der Waals surface area (Å²) < 4.78 is 3.02. The summed E-state index contributed by atoms with van der Waals surface area (Å²) in [5.41, 5.74) is 3.59. The molecule has 102 valence electrons. The number of aromatic nitrogens is 2. The Bertz CT molecular complexity index is 843. The van der Waals surface area contributed by atoms with Crippen LogP contribution in [0.25, 0.3) is 11.0 Å². The molecule has 1 N–H and O–H groups in total. The second-order valence-electron chi connectivity index (χ2n) is 5.17. The molecule has 2 heterocycles. The molecule has 2 nitrogen and oxygen atoms in total. The zero-order valence-corrected chi connectivity index (χ0v) is 13.1. The van der Waals surface area contributed by atoms with Crippen molar-refractivity contribution in [2.75, 3.05) is 0 Å². The van der Waals surface area contributed by atoms with Crippen molar-refractivity contribution in [1.82, 2.24) is 9.55 Å². The Morgan fingerprint density at radius 3 is 3.15 bits per heavy atom. The Morgan fingerprint density at radius 2 is 2.25 bits per heavy atom. The highest BCUT2D eigenvalue weighted by Crippen LogP contribution is 2.38. The number of aromatic amines is 1. The lowest BCUT2D eigenvalue weighted by Crippen LogP contribution is -2.15. The molecule has 0 aliphatic heterocycles. The highest BCUT2D eigenvalue weighted by Gasteiger charge is 2.24. The van der Waals surface area contributed by atoms with E-state index in [1.54, 1.807) is 0 Å². The molecule has 0 saturated heterocycles. The fraction of sp³-hybridized carbons (Fsp3) is 0.267. The van der Waals surface area contributed by atoms with E-state index in [4.69, 9.17) is 23.8 Å². The number of halogens is 1. The molecule has 0 radical (unpaired) electrons. The molecule has 1 aliphatic carbocycles. The highest BCUT2D eigenvalue weighted by atomic mass is 35.5. The largest absolute Gasteiger partial charge is 0.331 e. The van der Waals surface area contributed by atoms with Gasteiger partial charge in [0.05, 0.1) is 17.1 Å². The van der Waals surface area contributed by atoms with Crippen molar-refractivity contribution >= 4 is 46.2 Å². The zero-order valence-electron chi connectivity index (χ0n) is 10.7. The van der Waals surface area contributed by atoms with Gasteiger partial charge in [-0.05, 0) is 66.7 Å². The molecule has 3 aromatic rings. The maximum Gasteiger partial charge on any atom is 0.178 e. The smallest absolute Gasteiger partial charge is 0.178 e. The number of imidazole rings is 1. The molecular formula is C15H13ClN2S2. The van der Waals surface area contributed by atoms with E-state index in [1.807, 2.05) is 29.5 Å². The third-order valence-corrected chi connectivity index (χ3v) is 5.54. The molecule has 20 heavy (non-hydrogen) atoms. The molecule has 0 saturated carbocycles. The molecule has 5 heteroatoms. The molecule has 1 aromatic carbocycles. The Hall–Kier alpha value is -1.10. The first-order valence-corrected chi connectivity index (χ1v) is 8.36. The van der Waals surface area contributed by atoms with Crippen LogP contribution >= 0.6 is 35.2 Å². The van der Waals surface area contributed by atoms with Gasteiger partial charge in [-0.25, -0.2) is 0 Å². The predicted molar refractivity (Wildman–Crippen MR) is 87.5 cm³/mol. The molecule has 1 unspecified atom stereocenters. The molecular weight excluding hydrogens is 308 g/mol. The van der Waals surface area contributed by atoms with Crippen molar-refractivity contribution in [2.24, 2.45) is 0 Å². The van der Waals surface area contributed by atoms with Gasteiger partial charge in [-0.3, -0.25) is 0 Å². The third-order valence-electron chi connectivity index (χ3n) is 4.01. The number of hydrogen-bond donors (Lipinski definition) is 1. The molecule has 1 aliphatic rings. The summed E-state index contributed by atoms with van der Waals surface area (Å²) in [6, 6.07) is 8.49. The summed E-state index contributed by atoms with van der Waals surface area (Å²) in [6.45, 7) is 0. The van der Waals surface area contributed by atoms with Gasteiger partial charge in [-0.2, -0.15) is 0 Å². The lowest BCUT2D eigenvalue weighted by atomic mass is 9.94. The lowest BCUT2D eigenvalue weighted by molar-refractivity contribution is 0.501. The van der Waals surface area contributed by atoms with E-state index >= 15 is 0 Å². The molecule has 1 atom stereocenters. The van der Waals surface area contributed by atoms with Gasteiger partial charge in [0, 0.05) is 9.90 Å². The number of benzene rings is 1. The summed E-state index contributed by atoms with van der Waals surface area (Å²) in [4.78, 5) is 4.80. The van der Waals surface area contributed by atoms with Crippen molar-refractivity contribution in [3.05, 3.63) is 49.9 Å². The second-order valence-corrected chi connectivity index (χ2v) is 6.99. The number of hydrogen-bond acceptors (Lipinski definition) is 2.